The van der Waals surface area contributed by atoms with Gasteiger partial charge in [0.2, 0.25) is 0 Å². The van der Waals surface area contributed by atoms with Crippen molar-refractivity contribution >= 4 is 45.2 Å². The van der Waals surface area contributed by atoms with Crippen molar-refractivity contribution in [2.75, 3.05) is 11.9 Å². The van der Waals surface area contributed by atoms with Crippen molar-refractivity contribution in [2.24, 2.45) is 0 Å². The molecule has 8 heteroatoms. The number of amides is 1. The molecular formula is C26H21N3O4S. The highest BCUT2D eigenvalue weighted by atomic mass is 32.1. The predicted octanol–water partition coefficient (Wildman–Crippen LogP) is 5.90. The zero-order valence-corrected chi connectivity index (χ0v) is 19.7. The number of hydrogen-bond acceptors (Lipinski definition) is 7. The minimum Gasteiger partial charge on any atom is -0.462 e. The maximum atomic E-state index is 12.9. The number of carbonyl (C=O) groups is 2. The average molecular weight is 472 g/mol. The molecule has 0 spiro atoms. The van der Waals surface area contributed by atoms with Gasteiger partial charge >= 0.3 is 5.97 Å². The van der Waals surface area contributed by atoms with Crippen molar-refractivity contribution < 1.29 is 18.8 Å². The third kappa shape index (κ3) is 4.47. The Morgan fingerprint density at radius 3 is 2.68 bits per heavy atom. The van der Waals surface area contributed by atoms with Crippen LogP contribution in [-0.4, -0.2) is 23.6 Å². The SMILES string of the molecule is CCOC(=O)c1c(NC(=O)C(C#N)=Cc2ccc3noc(-c4ccccc4)c3c2)sc(C)c1C. The van der Waals surface area contributed by atoms with Crippen LogP contribution in [-0.2, 0) is 9.53 Å². The fourth-order valence-electron chi connectivity index (χ4n) is 3.50. The Morgan fingerprint density at radius 2 is 1.97 bits per heavy atom. The maximum Gasteiger partial charge on any atom is 0.341 e. The lowest BCUT2D eigenvalue weighted by molar-refractivity contribution is -0.112. The second-order valence-corrected chi connectivity index (χ2v) is 8.71. The highest BCUT2D eigenvalue weighted by Gasteiger charge is 2.23. The molecule has 2 aromatic heterocycles. The number of rotatable bonds is 6. The Kier molecular flexibility index (Phi) is 6.57. The second kappa shape index (κ2) is 9.73. The van der Waals surface area contributed by atoms with Crippen LogP contribution in [0.5, 0.6) is 0 Å². The first kappa shape index (κ1) is 23.0. The molecule has 0 unspecified atom stereocenters. The Hall–Kier alpha value is -4.22. The quantitative estimate of drug-likeness (QED) is 0.213. The average Bonchev–Trinajstić information content (AvgIpc) is 3.38. The van der Waals surface area contributed by atoms with Crippen LogP contribution in [0, 0.1) is 25.2 Å². The Bertz CT molecular complexity index is 1460. The summed E-state index contributed by atoms with van der Waals surface area (Å²) in [5.74, 6) is -0.506. The van der Waals surface area contributed by atoms with Crippen molar-refractivity contribution in [3.05, 3.63) is 75.7 Å². The molecule has 2 heterocycles. The number of aryl methyl sites for hydroxylation is 1. The largest absolute Gasteiger partial charge is 0.462 e. The number of nitrogens with one attached hydrogen (secondary N) is 1. The lowest BCUT2D eigenvalue weighted by Gasteiger charge is -2.07. The summed E-state index contributed by atoms with van der Waals surface area (Å²) in [5.41, 5.74) is 3.14. The monoisotopic (exact) mass is 471 g/mol. The number of thiophene rings is 1. The van der Waals surface area contributed by atoms with Crippen molar-refractivity contribution in [1.82, 2.24) is 5.16 Å². The van der Waals surface area contributed by atoms with Crippen molar-refractivity contribution in [2.45, 2.75) is 20.8 Å². The number of nitriles is 1. The van der Waals surface area contributed by atoms with Crippen LogP contribution in [0.25, 0.3) is 28.3 Å². The molecule has 170 valence electrons. The van der Waals surface area contributed by atoms with E-state index < -0.39 is 11.9 Å². The van der Waals surface area contributed by atoms with Crippen molar-refractivity contribution in [1.29, 1.82) is 5.26 Å². The number of hydrogen-bond donors (Lipinski definition) is 1. The topological polar surface area (TPSA) is 105 Å². The van der Waals surface area contributed by atoms with Gasteiger partial charge in [0.1, 0.15) is 22.2 Å². The number of aromatic nitrogens is 1. The van der Waals surface area contributed by atoms with Crippen LogP contribution >= 0.6 is 11.3 Å². The first-order chi connectivity index (χ1) is 16.4. The molecule has 0 aliphatic rings. The zero-order valence-electron chi connectivity index (χ0n) is 18.8. The van der Waals surface area contributed by atoms with E-state index in [4.69, 9.17) is 9.26 Å². The van der Waals surface area contributed by atoms with Gasteiger partial charge < -0.3 is 14.6 Å². The molecule has 0 bridgehead atoms. The van der Waals surface area contributed by atoms with Crippen molar-refractivity contribution in [3.8, 4) is 17.4 Å². The van der Waals surface area contributed by atoms with E-state index in [2.05, 4.69) is 10.5 Å². The molecule has 2 aromatic carbocycles. The van der Waals surface area contributed by atoms with Crippen LogP contribution in [0.2, 0.25) is 0 Å². The highest BCUT2D eigenvalue weighted by molar-refractivity contribution is 7.16. The van der Waals surface area contributed by atoms with E-state index in [-0.39, 0.29) is 12.2 Å². The molecule has 0 atom stereocenters. The summed E-state index contributed by atoms with van der Waals surface area (Å²) in [5, 5.41) is 17.6. The lowest BCUT2D eigenvalue weighted by Crippen LogP contribution is -2.16. The molecule has 4 rings (SSSR count). The molecule has 4 aromatic rings. The number of nitrogens with zero attached hydrogens (tertiary/aromatic N) is 2. The van der Waals surface area contributed by atoms with E-state index >= 15 is 0 Å². The Balaban J connectivity index is 1.66. The number of esters is 1. The third-order valence-corrected chi connectivity index (χ3v) is 6.43. The molecule has 0 aliphatic carbocycles. The Morgan fingerprint density at radius 1 is 1.21 bits per heavy atom. The van der Waals surface area contributed by atoms with Crippen LogP contribution in [0.4, 0.5) is 5.00 Å². The van der Waals surface area contributed by atoms with E-state index in [9.17, 15) is 14.9 Å². The summed E-state index contributed by atoms with van der Waals surface area (Å²) < 4.78 is 10.7. The molecule has 0 saturated heterocycles. The summed E-state index contributed by atoms with van der Waals surface area (Å²) in [6, 6.07) is 16.9. The summed E-state index contributed by atoms with van der Waals surface area (Å²) >= 11 is 1.27. The van der Waals surface area contributed by atoms with Gasteiger partial charge in [-0.05, 0) is 50.1 Å². The summed E-state index contributed by atoms with van der Waals surface area (Å²) in [6.07, 6.45) is 1.49. The molecule has 1 N–H and O–H groups in total. The van der Waals surface area contributed by atoms with E-state index in [0.717, 1.165) is 21.4 Å². The molecule has 34 heavy (non-hydrogen) atoms. The van der Waals surface area contributed by atoms with Crippen LogP contribution < -0.4 is 5.32 Å². The number of carbonyl (C=O) groups excluding carboxylic acids is 2. The van der Waals surface area contributed by atoms with Crippen LogP contribution in [0.15, 0.2) is 58.6 Å². The predicted molar refractivity (Wildman–Crippen MR) is 131 cm³/mol. The van der Waals surface area contributed by atoms with Crippen LogP contribution in [0.3, 0.4) is 0 Å². The second-order valence-electron chi connectivity index (χ2n) is 7.49. The molecular weight excluding hydrogens is 450 g/mol. The highest BCUT2D eigenvalue weighted by Crippen LogP contribution is 2.34. The van der Waals surface area contributed by atoms with Gasteiger partial charge in [-0.1, -0.05) is 41.6 Å². The number of anilines is 1. The van der Waals surface area contributed by atoms with Gasteiger partial charge in [-0.25, -0.2) is 4.79 Å². The Labute approximate surface area is 200 Å². The van der Waals surface area contributed by atoms with Gasteiger partial charge in [0, 0.05) is 10.4 Å². The van der Waals surface area contributed by atoms with E-state index in [1.54, 1.807) is 26.0 Å². The normalized spacial score (nSPS) is 11.3. The van der Waals surface area contributed by atoms with Gasteiger partial charge in [-0.2, -0.15) is 5.26 Å². The zero-order chi connectivity index (χ0) is 24.2. The number of fused-ring (bicyclic) bond motifs is 1. The van der Waals surface area contributed by atoms with Gasteiger partial charge in [0.15, 0.2) is 5.76 Å². The molecule has 0 fully saturated rings. The third-order valence-electron chi connectivity index (χ3n) is 5.30. The fraction of sp³-hybridized carbons (Fsp3) is 0.154. The van der Waals surface area contributed by atoms with Crippen LogP contribution in [0.1, 0.15) is 33.3 Å². The molecule has 0 saturated carbocycles. The minimum atomic E-state index is -0.608. The molecule has 1 amide bonds. The first-order valence-corrected chi connectivity index (χ1v) is 11.4. The molecule has 0 radical (unpaired) electrons. The first-order valence-electron chi connectivity index (χ1n) is 10.6. The number of ether oxygens (including phenoxy) is 1. The standard InChI is InChI=1S/C26H21N3O4S/c1-4-32-26(31)22-15(2)16(3)34-25(22)28-24(30)19(14-27)12-17-10-11-21-20(13-17)23(33-29-21)18-8-6-5-7-9-18/h5-13H,4H2,1-3H3,(H,28,30). The lowest BCUT2D eigenvalue weighted by atomic mass is 10.0. The summed E-state index contributed by atoms with van der Waals surface area (Å²) in [7, 11) is 0. The summed E-state index contributed by atoms with van der Waals surface area (Å²) in [4.78, 5) is 26.2. The molecule has 7 nitrogen and oxygen atoms in total. The van der Waals surface area contributed by atoms with Crippen molar-refractivity contribution in [3.63, 3.8) is 0 Å². The maximum absolute atomic E-state index is 12.9. The number of benzene rings is 2. The van der Waals surface area contributed by atoms with Gasteiger partial charge in [0.25, 0.3) is 5.91 Å². The fourth-order valence-corrected chi connectivity index (χ4v) is 4.54. The smallest absolute Gasteiger partial charge is 0.341 e. The van der Waals surface area contributed by atoms with E-state index in [0.29, 0.717) is 27.4 Å². The summed E-state index contributed by atoms with van der Waals surface area (Å²) in [6.45, 7) is 5.60. The van der Waals surface area contributed by atoms with Gasteiger partial charge in [0.05, 0.1) is 17.6 Å². The molecule has 0 aliphatic heterocycles. The van der Waals surface area contributed by atoms with E-state index in [1.165, 1.54) is 17.4 Å². The van der Waals surface area contributed by atoms with E-state index in [1.807, 2.05) is 49.4 Å². The van der Waals surface area contributed by atoms with Gasteiger partial charge in [-0.3, -0.25) is 4.79 Å². The van der Waals surface area contributed by atoms with Gasteiger partial charge in [-0.15, -0.1) is 11.3 Å². The minimum absolute atomic E-state index is 0.101.